The zero-order valence-corrected chi connectivity index (χ0v) is 38.5. The van der Waals surface area contributed by atoms with E-state index >= 15 is 4.39 Å². The molecule has 5 aromatic rings. The highest BCUT2D eigenvalue weighted by atomic mass is 35.5. The van der Waals surface area contributed by atoms with Crippen LogP contribution < -0.4 is 24.6 Å². The summed E-state index contributed by atoms with van der Waals surface area (Å²) in [6, 6.07) is 20.3. The highest BCUT2D eigenvalue weighted by Crippen LogP contribution is 2.44. The number of piperazine rings is 1. The Morgan fingerprint density at radius 1 is 1.03 bits per heavy atom. The molecule has 0 unspecified atom stereocenters. The van der Waals surface area contributed by atoms with Crippen LogP contribution in [0.4, 0.5) is 32.8 Å². The molecule has 19 heteroatoms. The number of aromatic nitrogens is 2. The Labute approximate surface area is 387 Å². The summed E-state index contributed by atoms with van der Waals surface area (Å²) in [7, 11) is -4.68. The molecule has 5 heterocycles. The molecule has 0 saturated carbocycles. The number of nitro benzene ring substituents is 1. The molecule has 3 aromatic carbocycles. The second-order valence-corrected chi connectivity index (χ2v) is 20.3. The summed E-state index contributed by atoms with van der Waals surface area (Å²) in [6.07, 6.45) is 4.56. The number of fused-ring (bicyclic) bond motifs is 2. The van der Waals surface area contributed by atoms with Crippen LogP contribution in [0.5, 0.6) is 5.88 Å². The summed E-state index contributed by atoms with van der Waals surface area (Å²) in [6.45, 7) is 10.1. The summed E-state index contributed by atoms with van der Waals surface area (Å²) >= 11 is 6.26. The van der Waals surface area contributed by atoms with Crippen LogP contribution in [0.2, 0.25) is 5.02 Å². The van der Waals surface area contributed by atoms with E-state index < -0.39 is 43.8 Å². The molecule has 66 heavy (non-hydrogen) atoms. The third-order valence-corrected chi connectivity index (χ3v) is 14.3. The Morgan fingerprint density at radius 2 is 1.82 bits per heavy atom. The lowest BCUT2D eigenvalue weighted by molar-refractivity contribution is -0.384. The number of amides is 1. The zero-order chi connectivity index (χ0) is 46.4. The first kappa shape index (κ1) is 45.4. The normalized spacial score (nSPS) is 21.3. The first-order valence-corrected chi connectivity index (χ1v) is 23.9. The van der Waals surface area contributed by atoms with Crippen LogP contribution >= 0.6 is 11.6 Å². The quantitative estimate of drug-likeness (QED) is 0.0807. The Morgan fingerprint density at radius 3 is 2.56 bits per heavy atom. The highest BCUT2D eigenvalue weighted by molar-refractivity contribution is 7.90. The van der Waals surface area contributed by atoms with Gasteiger partial charge in [-0.15, -0.1) is 0 Å². The van der Waals surface area contributed by atoms with Crippen molar-refractivity contribution in [3.05, 3.63) is 111 Å². The number of allylic oxidation sites excluding steroid dienone is 1. The van der Waals surface area contributed by atoms with Crippen LogP contribution in [-0.4, -0.2) is 112 Å². The van der Waals surface area contributed by atoms with Crippen molar-refractivity contribution in [3.63, 3.8) is 0 Å². The summed E-state index contributed by atoms with van der Waals surface area (Å²) in [5.74, 6) is -2.83. The first-order chi connectivity index (χ1) is 31.5. The number of alkyl halides is 1. The number of halogens is 2. The van der Waals surface area contributed by atoms with E-state index in [2.05, 4.69) is 50.8 Å². The molecule has 3 aliphatic heterocycles. The number of hydrogen-bond donors (Lipinski definition) is 3. The standard InChI is InChI=1S/C47H52ClFN8O8S/c1-30-26-56(42-22-32-13-15-50-43(32)52-45(42)65-30)40-23-35(55-18-16-54(17-19-55)27-33-12-14-46(2,3)25-38(33)31-4-6-34(48)7-5-31)8-10-37(40)44(58)53-66(61,62)36-9-11-39(41(24-36)57(59)60)51-28-47(49)29-63-20-21-64-47/h4-11,13,15,22-24,30,51H,12,14,16-21,25-29H2,1-3H3,(H,50,52)(H,53,58)/t30-,47+/m0/s1. The molecular weight excluding hydrogens is 891 g/mol. The highest BCUT2D eigenvalue weighted by Gasteiger charge is 2.36. The molecule has 0 spiro atoms. The van der Waals surface area contributed by atoms with E-state index in [1.54, 1.807) is 12.3 Å². The molecule has 2 saturated heterocycles. The number of carbonyl (C=O) groups is 1. The lowest BCUT2D eigenvalue weighted by atomic mass is 9.72. The number of pyridine rings is 1. The van der Waals surface area contributed by atoms with Crippen LogP contribution in [0.1, 0.15) is 56.0 Å². The number of rotatable bonds is 12. The van der Waals surface area contributed by atoms with Gasteiger partial charge in [-0.2, -0.15) is 4.98 Å². The third kappa shape index (κ3) is 9.69. The van der Waals surface area contributed by atoms with E-state index in [1.165, 1.54) is 16.7 Å². The van der Waals surface area contributed by atoms with Crippen LogP contribution in [0.25, 0.3) is 16.6 Å². The number of carbonyl (C=O) groups excluding carboxylic acids is 1. The van der Waals surface area contributed by atoms with Crippen molar-refractivity contribution in [3.8, 4) is 5.88 Å². The largest absolute Gasteiger partial charge is 0.471 e. The van der Waals surface area contributed by atoms with Gasteiger partial charge in [0.05, 0.1) is 47.4 Å². The average Bonchev–Trinajstić information content (AvgIpc) is 3.75. The van der Waals surface area contributed by atoms with Crippen molar-refractivity contribution in [2.45, 2.75) is 56.9 Å². The average molecular weight is 943 g/mol. The number of ether oxygens (including phenoxy) is 3. The summed E-state index contributed by atoms with van der Waals surface area (Å²) < 4.78 is 61.5. The van der Waals surface area contributed by atoms with Gasteiger partial charge in [0.25, 0.3) is 21.6 Å². The van der Waals surface area contributed by atoms with Gasteiger partial charge in [-0.1, -0.05) is 43.2 Å². The van der Waals surface area contributed by atoms with Gasteiger partial charge in [-0.3, -0.25) is 19.8 Å². The Kier molecular flexibility index (Phi) is 12.5. The van der Waals surface area contributed by atoms with E-state index in [1.807, 2.05) is 48.2 Å². The lowest BCUT2D eigenvalue weighted by Crippen LogP contribution is -2.47. The number of nitro groups is 1. The van der Waals surface area contributed by atoms with E-state index in [0.717, 1.165) is 73.2 Å². The monoisotopic (exact) mass is 942 g/mol. The van der Waals surface area contributed by atoms with E-state index in [-0.39, 0.29) is 42.6 Å². The number of anilines is 4. The van der Waals surface area contributed by atoms with Gasteiger partial charge in [0.1, 0.15) is 29.7 Å². The molecule has 1 aliphatic carbocycles. The smallest absolute Gasteiger partial charge is 0.293 e. The van der Waals surface area contributed by atoms with E-state index in [0.29, 0.717) is 42.5 Å². The van der Waals surface area contributed by atoms with Crippen LogP contribution in [0.15, 0.2) is 89.5 Å². The van der Waals surface area contributed by atoms with Crippen LogP contribution in [0.3, 0.4) is 0 Å². The third-order valence-electron chi connectivity index (χ3n) is 12.7. The summed E-state index contributed by atoms with van der Waals surface area (Å²) in [4.78, 5) is 39.7. The predicted molar refractivity (Wildman–Crippen MR) is 251 cm³/mol. The minimum Gasteiger partial charge on any atom is -0.471 e. The Balaban J connectivity index is 0.988. The maximum Gasteiger partial charge on any atom is 0.293 e. The van der Waals surface area contributed by atoms with Gasteiger partial charge in [0, 0.05) is 61.1 Å². The molecule has 2 aromatic heterocycles. The second kappa shape index (κ2) is 18.1. The number of benzene rings is 3. The number of nitrogens with zero attached hydrogens (tertiary/aromatic N) is 5. The first-order valence-electron chi connectivity index (χ1n) is 22.0. The summed E-state index contributed by atoms with van der Waals surface area (Å²) in [5, 5.41) is 16.3. The maximum atomic E-state index is 15.1. The summed E-state index contributed by atoms with van der Waals surface area (Å²) in [5.41, 5.74) is 6.05. The van der Waals surface area contributed by atoms with Gasteiger partial charge in [0.2, 0.25) is 11.7 Å². The minimum atomic E-state index is -4.68. The van der Waals surface area contributed by atoms with Gasteiger partial charge >= 0.3 is 0 Å². The Bertz CT molecular complexity index is 2810. The van der Waals surface area contributed by atoms with Crippen molar-refractivity contribution in [2.75, 3.05) is 80.8 Å². The SMILES string of the molecule is C[C@H]1CN(c2cc(N3CCN(CC4=C(c5ccc(Cl)cc5)CC(C)(C)CC4)CC3)ccc2C(=O)NS(=O)(=O)c2ccc(NC[C@]3(F)COCCO3)c([N+](=O)[O-])c2)c2cc3cc[nH]c3nc2O1. The van der Waals surface area contributed by atoms with Crippen LogP contribution in [-0.2, 0) is 19.5 Å². The van der Waals surface area contributed by atoms with Gasteiger partial charge < -0.3 is 34.3 Å². The number of H-pyrrole nitrogens is 1. The second-order valence-electron chi connectivity index (χ2n) is 18.2. The topological polar surface area (TPSA) is 185 Å². The van der Waals surface area contributed by atoms with Gasteiger partial charge in [0.15, 0.2) is 0 Å². The fourth-order valence-electron chi connectivity index (χ4n) is 9.17. The molecule has 2 fully saturated rings. The van der Waals surface area contributed by atoms with Gasteiger partial charge in [-0.05, 0) is 97.3 Å². The van der Waals surface area contributed by atoms with Crippen LogP contribution in [0, 0.1) is 15.5 Å². The predicted octanol–water partition coefficient (Wildman–Crippen LogP) is 8.07. The molecule has 348 valence electrons. The molecule has 0 radical (unpaired) electrons. The lowest BCUT2D eigenvalue weighted by Gasteiger charge is -2.40. The minimum absolute atomic E-state index is 0.00854. The zero-order valence-electron chi connectivity index (χ0n) is 36.9. The molecule has 16 nitrogen and oxygen atoms in total. The van der Waals surface area contributed by atoms with Crippen molar-refractivity contribution >= 4 is 72.6 Å². The molecule has 4 aliphatic rings. The van der Waals surface area contributed by atoms with Crippen molar-refractivity contribution < 1.29 is 36.7 Å². The number of sulfonamides is 1. The number of aromatic amines is 1. The molecular formula is C47H52ClFN8O8S. The Hall–Kier alpha value is -5.79. The van der Waals surface area contributed by atoms with E-state index in [9.17, 15) is 23.3 Å². The van der Waals surface area contributed by atoms with Crippen molar-refractivity contribution in [1.82, 2.24) is 19.6 Å². The number of nitrogens with one attached hydrogen (secondary N) is 3. The molecule has 3 N–H and O–H groups in total. The molecule has 0 bridgehead atoms. The molecule has 2 atom stereocenters. The fraction of sp³-hybridized carbons (Fsp3) is 0.404. The van der Waals surface area contributed by atoms with Gasteiger partial charge in [-0.25, -0.2) is 17.5 Å². The maximum absolute atomic E-state index is 15.1. The number of hydrogen-bond acceptors (Lipinski definition) is 13. The molecule has 1 amide bonds. The fourth-order valence-corrected chi connectivity index (χ4v) is 10.3. The van der Waals surface area contributed by atoms with E-state index in [4.69, 9.17) is 30.8 Å². The molecule has 9 rings (SSSR count). The van der Waals surface area contributed by atoms with Crippen molar-refractivity contribution in [2.24, 2.45) is 5.41 Å². The van der Waals surface area contributed by atoms with Crippen molar-refractivity contribution in [1.29, 1.82) is 0 Å².